The van der Waals surface area contributed by atoms with Crippen LogP contribution in [-0.4, -0.2) is 40.4 Å². The number of aromatic nitrogens is 2. The van der Waals surface area contributed by atoms with Gasteiger partial charge in [-0.2, -0.15) is 0 Å². The third-order valence-corrected chi connectivity index (χ3v) is 3.53. The summed E-state index contributed by atoms with van der Waals surface area (Å²) in [5, 5.41) is 3.42. The molecule has 6 heteroatoms. The number of H-pyrrole nitrogens is 1. The van der Waals surface area contributed by atoms with Gasteiger partial charge in [-0.1, -0.05) is 12.1 Å². The lowest BCUT2D eigenvalue weighted by Gasteiger charge is -2.23. The van der Waals surface area contributed by atoms with E-state index < -0.39 is 0 Å². The lowest BCUT2D eigenvalue weighted by molar-refractivity contribution is -0.122. The number of carbonyl (C=O) groups excluding carboxylic acids is 1. The van der Waals surface area contributed by atoms with Gasteiger partial charge in [0.25, 0.3) is 5.56 Å². The maximum Gasteiger partial charge on any atom is 0.258 e. The maximum absolute atomic E-state index is 12.1. The van der Waals surface area contributed by atoms with E-state index >= 15 is 0 Å². The van der Waals surface area contributed by atoms with Gasteiger partial charge in [0.15, 0.2) is 0 Å². The summed E-state index contributed by atoms with van der Waals surface area (Å²) in [6.45, 7) is 6.00. The fourth-order valence-corrected chi connectivity index (χ4v) is 2.24. The lowest BCUT2D eigenvalue weighted by Crippen LogP contribution is -2.39. The normalized spacial score (nSPS) is 12.8. The Labute approximate surface area is 129 Å². The second-order valence-corrected chi connectivity index (χ2v) is 5.78. The molecule has 1 heterocycles. The van der Waals surface area contributed by atoms with Crippen molar-refractivity contribution in [3.05, 3.63) is 40.4 Å². The zero-order valence-electron chi connectivity index (χ0n) is 13.4. The number of hydrogen-bond donors (Lipinski definition) is 2. The molecule has 0 aliphatic heterocycles. The molecule has 0 unspecified atom stereocenters. The highest BCUT2D eigenvalue weighted by molar-refractivity contribution is 5.78. The quantitative estimate of drug-likeness (QED) is 0.876. The van der Waals surface area contributed by atoms with Crippen LogP contribution in [0.25, 0.3) is 10.9 Å². The second-order valence-electron chi connectivity index (χ2n) is 5.78. The SMILES string of the molecule is CC(C)NC(=O)CN(C)[C@@H](C)c1nc2ccccc2c(=O)[nH]1. The van der Waals surface area contributed by atoms with Crippen molar-refractivity contribution in [2.24, 2.45) is 0 Å². The van der Waals surface area contributed by atoms with Crippen molar-refractivity contribution in [1.29, 1.82) is 0 Å². The highest BCUT2D eigenvalue weighted by Crippen LogP contribution is 2.15. The summed E-state index contributed by atoms with van der Waals surface area (Å²) in [6.07, 6.45) is 0. The molecular formula is C16H22N4O2. The maximum atomic E-state index is 12.1. The van der Waals surface area contributed by atoms with Gasteiger partial charge in [0.1, 0.15) is 5.82 Å². The Bertz CT molecular complexity index is 723. The van der Waals surface area contributed by atoms with Gasteiger partial charge in [-0.05, 0) is 40.0 Å². The van der Waals surface area contributed by atoms with Crippen LogP contribution in [0, 0.1) is 0 Å². The summed E-state index contributed by atoms with van der Waals surface area (Å²) in [7, 11) is 1.83. The first kappa shape index (κ1) is 16.2. The number of aromatic amines is 1. The molecule has 0 bridgehead atoms. The molecule has 2 aromatic rings. The van der Waals surface area contributed by atoms with Crippen LogP contribution in [0.1, 0.15) is 32.6 Å². The van der Waals surface area contributed by atoms with Crippen molar-refractivity contribution in [1.82, 2.24) is 20.2 Å². The topological polar surface area (TPSA) is 78.1 Å². The molecule has 0 saturated carbocycles. The standard InChI is InChI=1S/C16H22N4O2/c1-10(2)17-14(21)9-20(4)11(3)15-18-13-8-6-5-7-12(13)16(22)19-15/h5-8,10-11H,9H2,1-4H3,(H,17,21)(H,18,19,22)/t11-/m0/s1. The smallest absolute Gasteiger partial charge is 0.258 e. The molecule has 22 heavy (non-hydrogen) atoms. The number of likely N-dealkylation sites (N-methyl/N-ethyl adjacent to an activating group) is 1. The van der Waals surface area contributed by atoms with E-state index in [9.17, 15) is 9.59 Å². The molecule has 0 aliphatic carbocycles. The van der Waals surface area contributed by atoms with Crippen molar-refractivity contribution in [2.75, 3.05) is 13.6 Å². The summed E-state index contributed by atoms with van der Waals surface area (Å²) in [5.41, 5.74) is 0.501. The van der Waals surface area contributed by atoms with E-state index in [0.717, 1.165) is 0 Å². The summed E-state index contributed by atoms with van der Waals surface area (Å²) < 4.78 is 0. The van der Waals surface area contributed by atoms with E-state index in [1.54, 1.807) is 6.07 Å². The van der Waals surface area contributed by atoms with Gasteiger partial charge in [-0.25, -0.2) is 4.98 Å². The number of rotatable bonds is 5. The Morgan fingerprint density at radius 3 is 2.68 bits per heavy atom. The minimum Gasteiger partial charge on any atom is -0.353 e. The molecule has 1 aromatic heterocycles. The van der Waals surface area contributed by atoms with Crippen molar-refractivity contribution in [2.45, 2.75) is 32.9 Å². The number of hydrogen-bond acceptors (Lipinski definition) is 4. The van der Waals surface area contributed by atoms with Gasteiger partial charge in [-0.3, -0.25) is 14.5 Å². The molecule has 2 N–H and O–H groups in total. The van der Waals surface area contributed by atoms with E-state index in [1.807, 2.05) is 50.9 Å². The van der Waals surface area contributed by atoms with E-state index in [4.69, 9.17) is 0 Å². The highest BCUT2D eigenvalue weighted by atomic mass is 16.2. The largest absolute Gasteiger partial charge is 0.353 e. The van der Waals surface area contributed by atoms with E-state index in [1.165, 1.54) is 0 Å². The van der Waals surface area contributed by atoms with Gasteiger partial charge in [0.2, 0.25) is 5.91 Å². The lowest BCUT2D eigenvalue weighted by atomic mass is 10.2. The van der Waals surface area contributed by atoms with Gasteiger partial charge < -0.3 is 10.3 Å². The minimum absolute atomic E-state index is 0.0486. The Kier molecular flexibility index (Phi) is 4.92. The number of nitrogens with zero attached hydrogens (tertiary/aromatic N) is 2. The van der Waals surface area contributed by atoms with Crippen molar-refractivity contribution in [3.63, 3.8) is 0 Å². The summed E-state index contributed by atoms with van der Waals surface area (Å²) in [5.74, 6) is 0.510. The first-order valence-electron chi connectivity index (χ1n) is 7.37. The van der Waals surface area contributed by atoms with Crippen LogP contribution in [-0.2, 0) is 4.79 Å². The number of carbonyl (C=O) groups is 1. The van der Waals surface area contributed by atoms with Gasteiger partial charge >= 0.3 is 0 Å². The number of nitrogens with one attached hydrogen (secondary N) is 2. The van der Waals surface area contributed by atoms with Crippen molar-refractivity contribution in [3.8, 4) is 0 Å². The molecule has 1 aromatic carbocycles. The first-order chi connectivity index (χ1) is 10.4. The molecule has 1 atom stereocenters. The zero-order valence-corrected chi connectivity index (χ0v) is 13.4. The van der Waals surface area contributed by atoms with E-state index in [-0.39, 0.29) is 30.1 Å². The Morgan fingerprint density at radius 2 is 2.00 bits per heavy atom. The average Bonchev–Trinajstić information content (AvgIpc) is 2.45. The molecule has 0 fully saturated rings. The monoisotopic (exact) mass is 302 g/mol. The Morgan fingerprint density at radius 1 is 1.32 bits per heavy atom. The summed E-state index contributed by atoms with van der Waals surface area (Å²) in [6, 6.07) is 7.15. The number of benzene rings is 1. The molecule has 118 valence electrons. The van der Waals surface area contributed by atoms with Gasteiger partial charge in [0, 0.05) is 6.04 Å². The van der Waals surface area contributed by atoms with Crippen molar-refractivity contribution >= 4 is 16.8 Å². The Balaban J connectivity index is 2.20. The molecule has 2 rings (SSSR count). The zero-order chi connectivity index (χ0) is 16.3. The van der Waals surface area contributed by atoms with Crippen LogP contribution >= 0.6 is 0 Å². The minimum atomic E-state index is -0.171. The van der Waals surface area contributed by atoms with Gasteiger partial charge in [0.05, 0.1) is 23.5 Å². The molecule has 1 amide bonds. The predicted octanol–water partition coefficient (Wildman–Crippen LogP) is 1.44. The average molecular weight is 302 g/mol. The highest BCUT2D eigenvalue weighted by Gasteiger charge is 2.18. The predicted molar refractivity (Wildman–Crippen MR) is 86.7 cm³/mol. The third kappa shape index (κ3) is 3.71. The molecule has 0 radical (unpaired) electrons. The van der Waals surface area contributed by atoms with Crippen LogP contribution in [0.5, 0.6) is 0 Å². The molecule has 0 spiro atoms. The summed E-state index contributed by atoms with van der Waals surface area (Å²) in [4.78, 5) is 33.1. The third-order valence-electron chi connectivity index (χ3n) is 3.53. The van der Waals surface area contributed by atoms with E-state index in [2.05, 4.69) is 15.3 Å². The summed E-state index contributed by atoms with van der Waals surface area (Å²) >= 11 is 0. The van der Waals surface area contributed by atoms with Crippen LogP contribution in [0.4, 0.5) is 0 Å². The number of amides is 1. The second kappa shape index (κ2) is 6.70. The first-order valence-corrected chi connectivity index (χ1v) is 7.37. The fraction of sp³-hybridized carbons (Fsp3) is 0.438. The molecule has 0 saturated heterocycles. The van der Waals surface area contributed by atoms with Gasteiger partial charge in [-0.15, -0.1) is 0 Å². The van der Waals surface area contributed by atoms with E-state index in [0.29, 0.717) is 16.7 Å². The van der Waals surface area contributed by atoms with Crippen LogP contribution in [0.2, 0.25) is 0 Å². The van der Waals surface area contributed by atoms with Crippen LogP contribution in [0.15, 0.2) is 29.1 Å². The molecule has 6 nitrogen and oxygen atoms in total. The molecule has 0 aliphatic rings. The fourth-order valence-electron chi connectivity index (χ4n) is 2.24. The van der Waals surface area contributed by atoms with Crippen LogP contribution < -0.4 is 10.9 Å². The Hall–Kier alpha value is -2.21. The molecular weight excluding hydrogens is 280 g/mol. The number of para-hydroxylation sites is 1. The van der Waals surface area contributed by atoms with Crippen molar-refractivity contribution < 1.29 is 4.79 Å². The number of fused-ring (bicyclic) bond motifs is 1. The van der Waals surface area contributed by atoms with Crippen LogP contribution in [0.3, 0.4) is 0 Å².